The van der Waals surface area contributed by atoms with Crippen LogP contribution in [0.25, 0.3) is 0 Å². The lowest BCUT2D eigenvalue weighted by Gasteiger charge is -2.12. The van der Waals surface area contributed by atoms with Crippen molar-refractivity contribution in [2.75, 3.05) is 0 Å². The maximum Gasteiger partial charge on any atom is 0.304 e. The summed E-state index contributed by atoms with van der Waals surface area (Å²) < 4.78 is -1.34. The van der Waals surface area contributed by atoms with E-state index in [1.54, 1.807) is 0 Å². The zero-order valence-corrected chi connectivity index (χ0v) is 9.09. The second kappa shape index (κ2) is 5.38. The van der Waals surface area contributed by atoms with Crippen molar-refractivity contribution >= 4 is 52.4 Å². The molecular weight excluding hydrogens is 246 g/mol. The van der Waals surface area contributed by atoms with Crippen molar-refractivity contribution < 1.29 is 9.90 Å². The molecule has 0 saturated carbocycles. The van der Waals surface area contributed by atoms with E-state index < -0.39 is 15.1 Å². The van der Waals surface area contributed by atoms with E-state index in [4.69, 9.17) is 51.5 Å². The number of hydrogen-bond acceptors (Lipinski definition) is 1. The summed E-state index contributed by atoms with van der Waals surface area (Å²) in [5, 5.41) is 7.86. The lowest BCUT2D eigenvalue weighted by atomic mass is 10.2. The van der Waals surface area contributed by atoms with Crippen molar-refractivity contribution in [3.05, 3.63) is 0 Å². The predicted molar refractivity (Wildman–Crippen MR) is 51.4 cm³/mol. The van der Waals surface area contributed by atoms with Crippen LogP contribution >= 0.6 is 46.4 Å². The van der Waals surface area contributed by atoms with Gasteiger partial charge in [-0.25, -0.2) is 0 Å². The van der Waals surface area contributed by atoms with E-state index in [0.29, 0.717) is 6.42 Å². The summed E-state index contributed by atoms with van der Waals surface area (Å²) in [6, 6.07) is 0. The molecule has 0 saturated heterocycles. The second-order valence-electron chi connectivity index (χ2n) is 2.35. The summed E-state index contributed by atoms with van der Waals surface area (Å²) in [6.07, 6.45) is 0.534. The van der Waals surface area contributed by atoms with Crippen LogP contribution in [0, 0.1) is 0 Å². The summed E-state index contributed by atoms with van der Waals surface area (Å²) in [5.74, 6) is -0.945. The summed E-state index contributed by atoms with van der Waals surface area (Å²) in [6.45, 7) is 0. The van der Waals surface area contributed by atoms with Crippen molar-refractivity contribution in [2.24, 2.45) is 0 Å². The zero-order chi connectivity index (χ0) is 9.78. The molecule has 72 valence electrons. The number of carboxylic acids is 1. The Kier molecular flexibility index (Phi) is 5.66. The summed E-state index contributed by atoms with van der Waals surface area (Å²) >= 11 is 21.9. The average molecular weight is 254 g/mol. The van der Waals surface area contributed by atoms with Gasteiger partial charge in [0, 0.05) is 5.38 Å². The first-order valence-electron chi connectivity index (χ1n) is 3.24. The Morgan fingerprint density at radius 1 is 1.42 bits per heavy atom. The van der Waals surface area contributed by atoms with Gasteiger partial charge in [-0.3, -0.25) is 4.79 Å². The standard InChI is InChI=1S/C6H8Cl4O2/c7-4(3-5(11)12)1-2-6(8,9)10/h4H,1-3H2,(H,11,12). The van der Waals surface area contributed by atoms with Gasteiger partial charge in [-0.1, -0.05) is 34.8 Å². The van der Waals surface area contributed by atoms with E-state index in [9.17, 15) is 4.79 Å². The van der Waals surface area contributed by atoms with E-state index in [-0.39, 0.29) is 12.8 Å². The number of alkyl halides is 4. The SMILES string of the molecule is O=C(O)CC(Cl)CCC(Cl)(Cl)Cl. The zero-order valence-electron chi connectivity index (χ0n) is 6.07. The third-order valence-corrected chi connectivity index (χ3v) is 2.08. The highest BCUT2D eigenvalue weighted by atomic mass is 35.6. The van der Waals surface area contributed by atoms with Gasteiger partial charge in [0.15, 0.2) is 3.79 Å². The molecule has 1 atom stereocenters. The molecule has 1 N–H and O–H groups in total. The van der Waals surface area contributed by atoms with Gasteiger partial charge in [0.1, 0.15) is 0 Å². The second-order valence-corrected chi connectivity index (χ2v) is 5.48. The Morgan fingerprint density at radius 2 is 1.92 bits per heavy atom. The molecule has 0 aromatic rings. The molecule has 0 aliphatic heterocycles. The maximum atomic E-state index is 10.2. The van der Waals surface area contributed by atoms with Crippen LogP contribution in [-0.2, 0) is 4.79 Å². The van der Waals surface area contributed by atoms with Gasteiger partial charge >= 0.3 is 5.97 Å². The number of aliphatic carboxylic acids is 1. The Hall–Kier alpha value is 0.630. The predicted octanol–water partition coefficient (Wildman–Crippen LogP) is 3.22. The minimum Gasteiger partial charge on any atom is -0.481 e. The molecule has 2 nitrogen and oxygen atoms in total. The molecule has 6 heteroatoms. The van der Waals surface area contributed by atoms with Crippen molar-refractivity contribution in [2.45, 2.75) is 28.4 Å². The van der Waals surface area contributed by atoms with Crippen LogP contribution in [0.3, 0.4) is 0 Å². The summed E-state index contributed by atoms with van der Waals surface area (Å²) in [4.78, 5) is 10.2. The minimum absolute atomic E-state index is 0.109. The average Bonchev–Trinajstić information content (AvgIpc) is 1.80. The van der Waals surface area contributed by atoms with Gasteiger partial charge < -0.3 is 5.11 Å². The Bertz CT molecular complexity index is 154. The highest BCUT2D eigenvalue weighted by Gasteiger charge is 2.21. The molecule has 0 aliphatic rings. The van der Waals surface area contributed by atoms with Crippen LogP contribution in [0.4, 0.5) is 0 Å². The first kappa shape index (κ1) is 12.6. The first-order chi connectivity index (χ1) is 5.31. The molecule has 0 bridgehead atoms. The molecule has 0 rings (SSSR count). The number of rotatable bonds is 4. The molecule has 0 spiro atoms. The van der Waals surface area contributed by atoms with Crippen molar-refractivity contribution in [3.8, 4) is 0 Å². The van der Waals surface area contributed by atoms with Crippen LogP contribution in [0.2, 0.25) is 0 Å². The molecule has 0 aromatic heterocycles. The molecule has 12 heavy (non-hydrogen) atoms. The molecular formula is C6H8Cl4O2. The van der Waals surface area contributed by atoms with Gasteiger partial charge in [0.05, 0.1) is 6.42 Å². The largest absolute Gasteiger partial charge is 0.481 e. The van der Waals surface area contributed by atoms with E-state index in [2.05, 4.69) is 0 Å². The molecule has 0 amide bonds. The fourth-order valence-corrected chi connectivity index (χ4v) is 1.18. The van der Waals surface area contributed by atoms with Gasteiger partial charge in [-0.2, -0.15) is 0 Å². The number of carbonyl (C=O) groups is 1. The Morgan fingerprint density at radius 3 is 2.25 bits per heavy atom. The topological polar surface area (TPSA) is 37.3 Å². The highest BCUT2D eigenvalue weighted by molar-refractivity contribution is 6.67. The number of carboxylic acid groups (broad SMARTS) is 1. The normalized spacial score (nSPS) is 14.3. The van der Waals surface area contributed by atoms with Gasteiger partial charge in [0.25, 0.3) is 0 Å². The molecule has 0 radical (unpaired) electrons. The molecule has 1 unspecified atom stereocenters. The minimum atomic E-state index is -1.34. The Balaban J connectivity index is 3.57. The highest BCUT2D eigenvalue weighted by Crippen LogP contribution is 2.32. The van der Waals surface area contributed by atoms with Crippen molar-refractivity contribution in [1.29, 1.82) is 0 Å². The van der Waals surface area contributed by atoms with E-state index >= 15 is 0 Å². The molecule has 0 aliphatic carbocycles. The third kappa shape index (κ3) is 8.72. The lowest BCUT2D eigenvalue weighted by molar-refractivity contribution is -0.137. The third-order valence-electron chi connectivity index (χ3n) is 1.14. The van der Waals surface area contributed by atoms with Crippen molar-refractivity contribution in [1.82, 2.24) is 0 Å². The van der Waals surface area contributed by atoms with Gasteiger partial charge in [-0.15, -0.1) is 11.6 Å². The van der Waals surface area contributed by atoms with E-state index in [1.807, 2.05) is 0 Å². The van der Waals surface area contributed by atoms with Crippen LogP contribution in [0.1, 0.15) is 19.3 Å². The quantitative estimate of drug-likeness (QED) is 0.782. The van der Waals surface area contributed by atoms with E-state index in [1.165, 1.54) is 0 Å². The number of hydrogen-bond donors (Lipinski definition) is 1. The van der Waals surface area contributed by atoms with Crippen LogP contribution < -0.4 is 0 Å². The van der Waals surface area contributed by atoms with Crippen LogP contribution in [0.5, 0.6) is 0 Å². The van der Waals surface area contributed by atoms with Crippen LogP contribution in [0.15, 0.2) is 0 Å². The van der Waals surface area contributed by atoms with Crippen LogP contribution in [-0.4, -0.2) is 20.2 Å². The fraction of sp³-hybridized carbons (Fsp3) is 0.833. The first-order valence-corrected chi connectivity index (χ1v) is 4.81. The monoisotopic (exact) mass is 252 g/mol. The fourth-order valence-electron chi connectivity index (χ4n) is 0.612. The summed E-state index contributed by atoms with van der Waals surface area (Å²) in [5.41, 5.74) is 0. The lowest BCUT2D eigenvalue weighted by Crippen LogP contribution is -2.11. The summed E-state index contributed by atoms with van der Waals surface area (Å²) in [7, 11) is 0. The van der Waals surface area contributed by atoms with E-state index in [0.717, 1.165) is 0 Å². The molecule has 0 heterocycles. The maximum absolute atomic E-state index is 10.2. The van der Waals surface area contributed by atoms with Crippen molar-refractivity contribution in [3.63, 3.8) is 0 Å². The Labute approximate surface area is 90.7 Å². The molecule has 0 aromatic carbocycles. The number of halogens is 4. The molecule has 0 fully saturated rings. The smallest absolute Gasteiger partial charge is 0.304 e. The van der Waals surface area contributed by atoms with Gasteiger partial charge in [-0.05, 0) is 12.8 Å². The van der Waals surface area contributed by atoms with Gasteiger partial charge in [0.2, 0.25) is 0 Å².